The molecule has 1 fully saturated rings. The van der Waals surface area contributed by atoms with Crippen LogP contribution in [-0.4, -0.2) is 48.3 Å². The minimum Gasteiger partial charge on any atom is -0.437 e. The molecular formula is C29H34N6O3S. The summed E-state index contributed by atoms with van der Waals surface area (Å²) >= 11 is 0. The highest BCUT2D eigenvalue weighted by molar-refractivity contribution is 7.92. The first kappa shape index (κ1) is 26.8. The number of benzene rings is 2. The highest BCUT2D eigenvalue weighted by Gasteiger charge is 2.22. The molecule has 0 bridgehead atoms. The van der Waals surface area contributed by atoms with E-state index in [0.29, 0.717) is 41.3 Å². The van der Waals surface area contributed by atoms with E-state index in [9.17, 15) is 8.42 Å². The van der Waals surface area contributed by atoms with Crippen molar-refractivity contribution in [3.63, 3.8) is 0 Å². The fourth-order valence-corrected chi connectivity index (χ4v) is 5.99. The summed E-state index contributed by atoms with van der Waals surface area (Å²) in [6, 6.07) is 15.2. The highest BCUT2D eigenvalue weighted by Crippen LogP contribution is 2.38. The van der Waals surface area contributed by atoms with Gasteiger partial charge in [-0.25, -0.2) is 23.4 Å². The maximum absolute atomic E-state index is 12.5. The second-order valence-corrected chi connectivity index (χ2v) is 11.8. The predicted octanol–water partition coefficient (Wildman–Crippen LogP) is 5.35. The molecule has 0 unspecified atom stereocenters. The van der Waals surface area contributed by atoms with Crippen LogP contribution >= 0.6 is 0 Å². The topological polar surface area (TPSA) is 118 Å². The van der Waals surface area contributed by atoms with Crippen LogP contribution in [0.4, 0.5) is 11.6 Å². The molecule has 0 amide bonds. The van der Waals surface area contributed by atoms with Gasteiger partial charge in [0, 0.05) is 35.8 Å². The first-order valence-corrected chi connectivity index (χ1v) is 15.0. The van der Waals surface area contributed by atoms with Gasteiger partial charge in [0.15, 0.2) is 0 Å². The van der Waals surface area contributed by atoms with Crippen molar-refractivity contribution in [3.05, 3.63) is 66.5 Å². The van der Waals surface area contributed by atoms with Crippen LogP contribution in [0.2, 0.25) is 0 Å². The molecule has 3 N–H and O–H groups in total. The molecule has 10 heteroatoms. The number of fused-ring (bicyclic) bond motifs is 1. The summed E-state index contributed by atoms with van der Waals surface area (Å²) < 4.78 is 34.2. The fraction of sp³-hybridized carbons (Fsp3) is 0.345. The zero-order chi connectivity index (χ0) is 27.4. The SMILES string of the molecule is CCCS(=O)(=O)Nc1cccc2c(Oc3ncccc3-c3ccnc(N[C@@H]4CNCC[C@H]4C)n3)c(C)ccc12. The molecule has 39 heavy (non-hydrogen) atoms. The molecule has 2 aromatic heterocycles. The Kier molecular flexibility index (Phi) is 7.94. The molecule has 3 heterocycles. The molecule has 1 aliphatic heterocycles. The van der Waals surface area contributed by atoms with Gasteiger partial charge in [-0.2, -0.15) is 0 Å². The van der Waals surface area contributed by atoms with Gasteiger partial charge < -0.3 is 15.4 Å². The standard InChI is InChI=1S/C29H34N6O3S/c1-4-17-39(36,37)35-25-9-5-7-22-21(25)11-10-20(3)27(22)38-28-23(8-6-14-31-28)24-13-16-32-29(33-24)34-26-18-30-15-12-19(26)2/h5-11,13-14,16,19,26,30,35H,4,12,15,17-18H2,1-3H3,(H,32,33,34)/t19-,26-/m1/s1. The summed E-state index contributed by atoms with van der Waals surface area (Å²) in [6.45, 7) is 7.93. The van der Waals surface area contributed by atoms with Crippen LogP contribution in [0.5, 0.6) is 11.6 Å². The van der Waals surface area contributed by atoms with E-state index < -0.39 is 10.0 Å². The van der Waals surface area contributed by atoms with Gasteiger partial charge in [-0.15, -0.1) is 0 Å². The van der Waals surface area contributed by atoms with E-state index >= 15 is 0 Å². The van der Waals surface area contributed by atoms with Crippen molar-refractivity contribution < 1.29 is 13.2 Å². The van der Waals surface area contributed by atoms with Gasteiger partial charge >= 0.3 is 0 Å². The molecular weight excluding hydrogens is 512 g/mol. The number of hydrogen-bond donors (Lipinski definition) is 3. The fourth-order valence-electron chi connectivity index (χ4n) is 4.84. The Labute approximate surface area is 229 Å². The molecule has 4 aromatic rings. The van der Waals surface area contributed by atoms with E-state index in [0.717, 1.165) is 41.4 Å². The molecule has 2 atom stereocenters. The Morgan fingerprint density at radius 3 is 2.74 bits per heavy atom. The molecule has 0 radical (unpaired) electrons. The van der Waals surface area contributed by atoms with Crippen LogP contribution in [0.25, 0.3) is 22.0 Å². The van der Waals surface area contributed by atoms with Gasteiger partial charge in [0.25, 0.3) is 0 Å². The average molecular weight is 547 g/mol. The normalized spacial score (nSPS) is 17.6. The lowest BCUT2D eigenvalue weighted by atomic mass is 9.95. The molecule has 0 spiro atoms. The third-order valence-electron chi connectivity index (χ3n) is 6.99. The summed E-state index contributed by atoms with van der Waals surface area (Å²) in [7, 11) is -3.45. The average Bonchev–Trinajstić information content (AvgIpc) is 2.92. The molecule has 0 aliphatic carbocycles. The number of ether oxygens (including phenoxy) is 1. The summed E-state index contributed by atoms with van der Waals surface area (Å²) in [6.07, 6.45) is 5.05. The number of pyridine rings is 1. The van der Waals surface area contributed by atoms with Gasteiger partial charge in [0.05, 0.1) is 22.7 Å². The Hall–Kier alpha value is -3.76. The van der Waals surface area contributed by atoms with E-state index in [1.807, 2.05) is 56.3 Å². The van der Waals surface area contributed by atoms with Crippen molar-refractivity contribution >= 4 is 32.4 Å². The van der Waals surface area contributed by atoms with Crippen LogP contribution in [0.3, 0.4) is 0 Å². The highest BCUT2D eigenvalue weighted by atomic mass is 32.2. The van der Waals surface area contributed by atoms with Crippen molar-refractivity contribution in [3.8, 4) is 22.9 Å². The van der Waals surface area contributed by atoms with Gasteiger partial charge in [-0.05, 0) is 62.1 Å². The minimum atomic E-state index is -3.45. The second-order valence-electron chi connectivity index (χ2n) is 9.98. The number of sulfonamides is 1. The number of anilines is 2. The van der Waals surface area contributed by atoms with Crippen LogP contribution in [0, 0.1) is 12.8 Å². The van der Waals surface area contributed by atoms with Crippen molar-refractivity contribution in [2.45, 2.75) is 39.7 Å². The number of hydrogen-bond acceptors (Lipinski definition) is 8. The number of aromatic nitrogens is 3. The predicted molar refractivity (Wildman–Crippen MR) is 156 cm³/mol. The van der Waals surface area contributed by atoms with E-state index in [-0.39, 0.29) is 11.8 Å². The molecule has 204 valence electrons. The second kappa shape index (κ2) is 11.5. The lowest BCUT2D eigenvalue weighted by molar-refractivity contribution is 0.365. The molecule has 9 nitrogen and oxygen atoms in total. The molecule has 1 saturated heterocycles. The Bertz CT molecular complexity index is 1580. The number of nitrogens with zero attached hydrogens (tertiary/aromatic N) is 3. The molecule has 2 aromatic carbocycles. The molecule has 0 saturated carbocycles. The minimum absolute atomic E-state index is 0.0574. The number of piperidine rings is 1. The van der Waals surface area contributed by atoms with Crippen LogP contribution in [0.1, 0.15) is 32.3 Å². The summed E-state index contributed by atoms with van der Waals surface area (Å²) in [5.74, 6) is 2.15. The third-order valence-corrected chi connectivity index (χ3v) is 8.47. The number of rotatable bonds is 9. The summed E-state index contributed by atoms with van der Waals surface area (Å²) in [4.78, 5) is 13.8. The maximum atomic E-state index is 12.5. The Morgan fingerprint density at radius 1 is 1.05 bits per heavy atom. The van der Waals surface area contributed by atoms with Crippen LogP contribution < -0.4 is 20.1 Å². The van der Waals surface area contributed by atoms with Gasteiger partial charge in [-0.1, -0.05) is 38.1 Å². The van der Waals surface area contributed by atoms with Crippen molar-refractivity contribution in [1.82, 2.24) is 20.3 Å². The van der Waals surface area contributed by atoms with Gasteiger partial charge in [0.2, 0.25) is 21.9 Å². The van der Waals surface area contributed by atoms with Crippen molar-refractivity contribution in [2.24, 2.45) is 5.92 Å². The van der Waals surface area contributed by atoms with E-state index in [1.54, 1.807) is 18.5 Å². The van der Waals surface area contributed by atoms with Gasteiger partial charge in [-0.3, -0.25) is 4.72 Å². The van der Waals surface area contributed by atoms with Crippen LogP contribution in [0.15, 0.2) is 60.9 Å². The van der Waals surface area contributed by atoms with E-state index in [4.69, 9.17) is 9.72 Å². The lowest BCUT2D eigenvalue weighted by Crippen LogP contribution is -2.44. The summed E-state index contributed by atoms with van der Waals surface area (Å²) in [5.41, 5.74) is 2.84. The molecule has 1 aliphatic rings. The van der Waals surface area contributed by atoms with E-state index in [2.05, 4.69) is 32.2 Å². The molecule has 5 rings (SSSR count). The zero-order valence-corrected chi connectivity index (χ0v) is 23.3. The lowest BCUT2D eigenvalue weighted by Gasteiger charge is -2.30. The monoisotopic (exact) mass is 546 g/mol. The van der Waals surface area contributed by atoms with Crippen molar-refractivity contribution in [2.75, 3.05) is 28.9 Å². The van der Waals surface area contributed by atoms with Crippen LogP contribution in [-0.2, 0) is 10.0 Å². The third kappa shape index (κ3) is 6.12. The number of aryl methyl sites for hydroxylation is 1. The van der Waals surface area contributed by atoms with Crippen molar-refractivity contribution in [1.29, 1.82) is 0 Å². The first-order valence-electron chi connectivity index (χ1n) is 13.3. The summed E-state index contributed by atoms with van der Waals surface area (Å²) in [5, 5.41) is 8.43. The zero-order valence-electron chi connectivity index (χ0n) is 22.4. The maximum Gasteiger partial charge on any atom is 0.232 e. The number of nitrogens with one attached hydrogen (secondary N) is 3. The van der Waals surface area contributed by atoms with E-state index in [1.165, 1.54) is 0 Å². The van der Waals surface area contributed by atoms with Gasteiger partial charge in [0.1, 0.15) is 5.75 Å². The Balaban J connectivity index is 1.48. The Morgan fingerprint density at radius 2 is 1.92 bits per heavy atom. The largest absolute Gasteiger partial charge is 0.437 e. The quantitative estimate of drug-likeness (QED) is 0.257. The first-order chi connectivity index (χ1) is 18.8. The smallest absolute Gasteiger partial charge is 0.232 e.